The van der Waals surface area contributed by atoms with Crippen LogP contribution in [0.2, 0.25) is 0 Å². The Kier molecular flexibility index (Phi) is 6.40. The summed E-state index contributed by atoms with van der Waals surface area (Å²) >= 11 is 1.73. The maximum atomic E-state index is 11.4. The zero-order valence-corrected chi connectivity index (χ0v) is 11.3. The molecule has 17 heavy (non-hydrogen) atoms. The summed E-state index contributed by atoms with van der Waals surface area (Å²) < 4.78 is 4.67. The minimum atomic E-state index is -0.510. The molecule has 0 aromatic heterocycles. The second-order valence-corrected chi connectivity index (χ2v) is 5.54. The Bertz CT molecular complexity index is 264. The Morgan fingerprint density at radius 2 is 2.06 bits per heavy atom. The first-order valence-electron chi connectivity index (χ1n) is 6.06. The standard InChI is InChI=1S/C12H21NO3S/c1-9(14)13-11(12(15)16-2)8-17-7-10-5-3-4-6-10/h10-11H,3-8H2,1-2H3,(H,13,14). The fourth-order valence-electron chi connectivity index (χ4n) is 2.09. The predicted molar refractivity (Wildman–Crippen MR) is 68.9 cm³/mol. The smallest absolute Gasteiger partial charge is 0.329 e. The normalized spacial score (nSPS) is 17.8. The number of carbonyl (C=O) groups excluding carboxylic acids is 2. The second kappa shape index (κ2) is 7.58. The fraction of sp³-hybridized carbons (Fsp3) is 0.833. The van der Waals surface area contributed by atoms with Crippen molar-refractivity contribution >= 4 is 23.6 Å². The van der Waals surface area contributed by atoms with E-state index in [1.165, 1.54) is 39.7 Å². The molecular formula is C12H21NO3S. The van der Waals surface area contributed by atoms with Gasteiger partial charge < -0.3 is 10.1 Å². The summed E-state index contributed by atoms with van der Waals surface area (Å²) in [5, 5.41) is 2.62. The van der Waals surface area contributed by atoms with Crippen molar-refractivity contribution < 1.29 is 14.3 Å². The third-order valence-electron chi connectivity index (χ3n) is 2.98. The van der Waals surface area contributed by atoms with Crippen molar-refractivity contribution in [1.29, 1.82) is 0 Å². The molecule has 1 aliphatic rings. The van der Waals surface area contributed by atoms with Gasteiger partial charge in [-0.3, -0.25) is 4.79 Å². The number of ether oxygens (including phenoxy) is 1. The van der Waals surface area contributed by atoms with Gasteiger partial charge in [0.05, 0.1) is 7.11 Å². The molecule has 1 N–H and O–H groups in total. The lowest BCUT2D eigenvalue weighted by molar-refractivity contribution is -0.144. The van der Waals surface area contributed by atoms with Gasteiger partial charge in [-0.25, -0.2) is 4.79 Å². The quantitative estimate of drug-likeness (QED) is 0.736. The zero-order valence-electron chi connectivity index (χ0n) is 10.5. The van der Waals surface area contributed by atoms with Crippen molar-refractivity contribution in [3.63, 3.8) is 0 Å². The van der Waals surface area contributed by atoms with Crippen molar-refractivity contribution in [1.82, 2.24) is 5.32 Å². The summed E-state index contributed by atoms with van der Waals surface area (Å²) in [6.07, 6.45) is 5.26. The van der Waals surface area contributed by atoms with Crippen LogP contribution in [0, 0.1) is 5.92 Å². The van der Waals surface area contributed by atoms with Crippen LogP contribution in [0.25, 0.3) is 0 Å². The van der Waals surface area contributed by atoms with Gasteiger partial charge in [0, 0.05) is 12.7 Å². The molecule has 1 saturated carbocycles. The fourth-order valence-corrected chi connectivity index (χ4v) is 3.34. The molecule has 0 saturated heterocycles. The van der Waals surface area contributed by atoms with Gasteiger partial charge in [-0.1, -0.05) is 12.8 Å². The van der Waals surface area contributed by atoms with E-state index in [1.54, 1.807) is 11.8 Å². The van der Waals surface area contributed by atoms with Crippen LogP contribution in [0.5, 0.6) is 0 Å². The van der Waals surface area contributed by atoms with Gasteiger partial charge >= 0.3 is 5.97 Å². The van der Waals surface area contributed by atoms with Crippen LogP contribution >= 0.6 is 11.8 Å². The zero-order chi connectivity index (χ0) is 12.7. The number of hydrogen-bond donors (Lipinski definition) is 1. The van der Waals surface area contributed by atoms with Crippen molar-refractivity contribution in [3.8, 4) is 0 Å². The molecule has 0 spiro atoms. The number of hydrogen-bond acceptors (Lipinski definition) is 4. The monoisotopic (exact) mass is 259 g/mol. The van der Waals surface area contributed by atoms with Crippen molar-refractivity contribution in [3.05, 3.63) is 0 Å². The van der Waals surface area contributed by atoms with Crippen LogP contribution in [0.4, 0.5) is 0 Å². The number of carbonyl (C=O) groups is 2. The molecule has 1 atom stereocenters. The third kappa shape index (κ3) is 5.44. The molecule has 0 aromatic rings. The lowest BCUT2D eigenvalue weighted by Gasteiger charge is -2.16. The first kappa shape index (κ1) is 14.4. The van der Waals surface area contributed by atoms with Crippen LogP contribution < -0.4 is 5.32 Å². The largest absolute Gasteiger partial charge is 0.467 e. The summed E-state index contributed by atoms with van der Waals surface area (Å²) in [6.45, 7) is 1.41. The van der Waals surface area contributed by atoms with E-state index >= 15 is 0 Å². The highest BCUT2D eigenvalue weighted by Crippen LogP contribution is 2.28. The van der Waals surface area contributed by atoms with Gasteiger partial charge in [-0.15, -0.1) is 0 Å². The molecule has 0 aliphatic heterocycles. The van der Waals surface area contributed by atoms with Crippen LogP contribution in [-0.4, -0.2) is 36.5 Å². The van der Waals surface area contributed by atoms with E-state index in [0.29, 0.717) is 5.75 Å². The van der Waals surface area contributed by atoms with E-state index in [-0.39, 0.29) is 11.9 Å². The molecule has 0 heterocycles. The summed E-state index contributed by atoms with van der Waals surface area (Å²) in [4.78, 5) is 22.4. The Balaban J connectivity index is 2.27. The van der Waals surface area contributed by atoms with Gasteiger partial charge in [-0.2, -0.15) is 11.8 Å². The number of methoxy groups -OCH3 is 1. The molecule has 1 fully saturated rings. The molecule has 1 aliphatic carbocycles. The Morgan fingerprint density at radius 3 is 2.59 bits per heavy atom. The summed E-state index contributed by atoms with van der Waals surface area (Å²) in [5.74, 6) is 1.91. The molecule has 0 bridgehead atoms. The van der Waals surface area contributed by atoms with Gasteiger partial charge in [-0.05, 0) is 24.5 Å². The minimum Gasteiger partial charge on any atom is -0.467 e. The maximum Gasteiger partial charge on any atom is 0.329 e. The molecule has 1 unspecified atom stereocenters. The van der Waals surface area contributed by atoms with Crippen LogP contribution in [0.1, 0.15) is 32.6 Å². The number of rotatable bonds is 6. The number of esters is 1. The molecular weight excluding hydrogens is 238 g/mol. The molecule has 0 aromatic carbocycles. The van der Waals surface area contributed by atoms with E-state index in [0.717, 1.165) is 11.7 Å². The van der Waals surface area contributed by atoms with Crippen molar-refractivity contribution in [2.24, 2.45) is 5.92 Å². The van der Waals surface area contributed by atoms with E-state index in [1.807, 2.05) is 0 Å². The molecule has 4 nitrogen and oxygen atoms in total. The Labute approximate surface area is 107 Å². The average molecular weight is 259 g/mol. The highest BCUT2D eigenvalue weighted by molar-refractivity contribution is 7.99. The highest BCUT2D eigenvalue weighted by atomic mass is 32.2. The van der Waals surface area contributed by atoms with Crippen LogP contribution in [0.3, 0.4) is 0 Å². The molecule has 5 heteroatoms. The van der Waals surface area contributed by atoms with Gasteiger partial charge in [0.2, 0.25) is 5.91 Å². The first-order chi connectivity index (χ1) is 8.13. The van der Waals surface area contributed by atoms with Gasteiger partial charge in [0.25, 0.3) is 0 Å². The van der Waals surface area contributed by atoms with Gasteiger partial charge in [0.1, 0.15) is 6.04 Å². The third-order valence-corrected chi connectivity index (χ3v) is 4.25. The SMILES string of the molecule is COC(=O)C(CSCC1CCCC1)NC(C)=O. The molecule has 1 rings (SSSR count). The Morgan fingerprint density at radius 1 is 1.41 bits per heavy atom. The van der Waals surface area contributed by atoms with Gasteiger partial charge in [0.15, 0.2) is 0 Å². The van der Waals surface area contributed by atoms with Crippen LogP contribution in [0.15, 0.2) is 0 Å². The maximum absolute atomic E-state index is 11.4. The molecule has 1 amide bonds. The lowest BCUT2D eigenvalue weighted by atomic mass is 10.1. The lowest BCUT2D eigenvalue weighted by Crippen LogP contribution is -2.42. The van der Waals surface area contributed by atoms with Crippen molar-refractivity contribution in [2.75, 3.05) is 18.6 Å². The Hall–Kier alpha value is -0.710. The molecule has 98 valence electrons. The minimum absolute atomic E-state index is 0.193. The topological polar surface area (TPSA) is 55.4 Å². The number of nitrogens with one attached hydrogen (secondary N) is 1. The number of amides is 1. The number of thioether (sulfide) groups is 1. The van der Waals surface area contributed by atoms with E-state index in [9.17, 15) is 9.59 Å². The van der Waals surface area contributed by atoms with E-state index in [4.69, 9.17) is 0 Å². The molecule has 0 radical (unpaired) electrons. The van der Waals surface area contributed by atoms with Crippen molar-refractivity contribution in [2.45, 2.75) is 38.6 Å². The first-order valence-corrected chi connectivity index (χ1v) is 7.21. The van der Waals surface area contributed by atoms with Crippen LogP contribution in [-0.2, 0) is 14.3 Å². The van der Waals surface area contributed by atoms with E-state index < -0.39 is 6.04 Å². The highest BCUT2D eigenvalue weighted by Gasteiger charge is 2.21. The second-order valence-electron chi connectivity index (χ2n) is 4.46. The predicted octanol–water partition coefficient (Wildman–Crippen LogP) is 1.59. The van der Waals surface area contributed by atoms with E-state index in [2.05, 4.69) is 10.1 Å². The summed E-state index contributed by atoms with van der Waals surface area (Å²) in [5.41, 5.74) is 0. The average Bonchev–Trinajstić information content (AvgIpc) is 2.79. The summed E-state index contributed by atoms with van der Waals surface area (Å²) in [7, 11) is 1.35. The summed E-state index contributed by atoms with van der Waals surface area (Å²) in [6, 6.07) is -0.510.